The molecule has 2 aliphatic rings. The summed E-state index contributed by atoms with van der Waals surface area (Å²) in [5.41, 5.74) is 2.42. The van der Waals surface area contributed by atoms with Gasteiger partial charge in [0, 0.05) is 25.1 Å². The van der Waals surface area contributed by atoms with Gasteiger partial charge >= 0.3 is 0 Å². The standard InChI is InChI=1S/C22H30N4O3S/c1-3-16(2)26-21(9-12-23-26)24-22(27)18-10-13-25(14-11-18)30(28,29)20-8-7-17-5-4-6-19(17)15-20/h7-9,12,15-16,18H,3-6,10-11,13-14H2,1-2H3,(H,24,27). The summed E-state index contributed by atoms with van der Waals surface area (Å²) < 4.78 is 29.5. The van der Waals surface area contributed by atoms with Crippen molar-refractivity contribution in [2.45, 2.75) is 63.3 Å². The van der Waals surface area contributed by atoms with Gasteiger partial charge in [0.15, 0.2) is 0 Å². The van der Waals surface area contributed by atoms with E-state index >= 15 is 0 Å². The van der Waals surface area contributed by atoms with Crippen LogP contribution in [0.3, 0.4) is 0 Å². The molecular formula is C22H30N4O3S. The van der Waals surface area contributed by atoms with Gasteiger partial charge in [0.2, 0.25) is 15.9 Å². The van der Waals surface area contributed by atoms with Gasteiger partial charge in [-0.25, -0.2) is 13.1 Å². The summed E-state index contributed by atoms with van der Waals surface area (Å²) in [5, 5.41) is 7.28. The minimum absolute atomic E-state index is 0.0605. The number of fused-ring (bicyclic) bond motifs is 1. The molecular weight excluding hydrogens is 400 g/mol. The van der Waals surface area contributed by atoms with Crippen LogP contribution in [-0.4, -0.2) is 41.5 Å². The fourth-order valence-corrected chi connectivity index (χ4v) is 5.90. The van der Waals surface area contributed by atoms with Gasteiger partial charge in [-0.1, -0.05) is 13.0 Å². The van der Waals surface area contributed by atoms with E-state index < -0.39 is 10.0 Å². The van der Waals surface area contributed by atoms with Crippen LogP contribution in [0.15, 0.2) is 35.4 Å². The number of hydrogen-bond acceptors (Lipinski definition) is 4. The first-order valence-electron chi connectivity index (χ1n) is 10.9. The van der Waals surface area contributed by atoms with Crippen LogP contribution in [0.5, 0.6) is 0 Å². The number of benzene rings is 1. The highest BCUT2D eigenvalue weighted by Gasteiger charge is 2.33. The topological polar surface area (TPSA) is 84.3 Å². The van der Waals surface area contributed by atoms with Crippen molar-refractivity contribution < 1.29 is 13.2 Å². The van der Waals surface area contributed by atoms with Crippen molar-refractivity contribution in [3.05, 3.63) is 41.6 Å². The lowest BCUT2D eigenvalue weighted by Crippen LogP contribution is -2.41. The lowest BCUT2D eigenvalue weighted by molar-refractivity contribution is -0.121. The predicted octanol–water partition coefficient (Wildman–Crippen LogP) is 3.38. The number of hydrogen-bond donors (Lipinski definition) is 1. The molecule has 1 saturated heterocycles. The lowest BCUT2D eigenvalue weighted by atomic mass is 9.97. The quantitative estimate of drug-likeness (QED) is 0.761. The number of amides is 1. The molecule has 2 aromatic rings. The summed E-state index contributed by atoms with van der Waals surface area (Å²) in [6.45, 7) is 4.87. The third-order valence-corrected chi connectivity index (χ3v) is 8.36. The van der Waals surface area contributed by atoms with Gasteiger partial charge in [-0.3, -0.25) is 4.79 Å². The largest absolute Gasteiger partial charge is 0.311 e. The van der Waals surface area contributed by atoms with E-state index in [1.165, 1.54) is 9.87 Å². The molecule has 0 radical (unpaired) electrons. The van der Waals surface area contributed by atoms with Crippen molar-refractivity contribution in [3.63, 3.8) is 0 Å². The molecule has 1 aliphatic carbocycles. The Hall–Kier alpha value is -2.19. The van der Waals surface area contributed by atoms with E-state index in [0.717, 1.165) is 31.2 Å². The molecule has 0 saturated carbocycles. The Morgan fingerprint density at radius 2 is 1.93 bits per heavy atom. The molecule has 2 heterocycles. The fraction of sp³-hybridized carbons (Fsp3) is 0.545. The molecule has 7 nitrogen and oxygen atoms in total. The van der Waals surface area contributed by atoms with Gasteiger partial charge < -0.3 is 5.32 Å². The summed E-state index contributed by atoms with van der Waals surface area (Å²) in [7, 11) is -3.52. The minimum Gasteiger partial charge on any atom is -0.311 e. The van der Waals surface area contributed by atoms with Crippen molar-refractivity contribution >= 4 is 21.7 Å². The molecule has 0 spiro atoms. The highest BCUT2D eigenvalue weighted by Crippen LogP contribution is 2.29. The lowest BCUT2D eigenvalue weighted by Gasteiger charge is -2.30. The zero-order chi connectivity index (χ0) is 21.3. The third-order valence-electron chi connectivity index (χ3n) is 6.46. The number of aromatic nitrogens is 2. The molecule has 8 heteroatoms. The molecule has 1 fully saturated rings. The number of sulfonamides is 1. The summed E-state index contributed by atoms with van der Waals surface area (Å²) >= 11 is 0. The smallest absolute Gasteiger partial charge is 0.243 e. The van der Waals surface area contributed by atoms with E-state index in [4.69, 9.17) is 0 Å². The number of aryl methyl sites for hydroxylation is 2. The second kappa shape index (κ2) is 8.51. The molecule has 162 valence electrons. The van der Waals surface area contributed by atoms with Gasteiger partial charge in [0.1, 0.15) is 5.82 Å². The van der Waals surface area contributed by atoms with E-state index in [-0.39, 0.29) is 17.9 Å². The maximum absolute atomic E-state index is 13.1. The van der Waals surface area contributed by atoms with Gasteiger partial charge in [0.05, 0.1) is 17.1 Å². The molecule has 1 unspecified atom stereocenters. The predicted molar refractivity (Wildman–Crippen MR) is 116 cm³/mol. The van der Waals surface area contributed by atoms with E-state index in [0.29, 0.717) is 36.6 Å². The molecule has 1 N–H and O–H groups in total. The molecule has 1 amide bonds. The van der Waals surface area contributed by atoms with Gasteiger partial charge in [0.25, 0.3) is 0 Å². The van der Waals surface area contributed by atoms with Crippen LogP contribution >= 0.6 is 0 Å². The van der Waals surface area contributed by atoms with Gasteiger partial charge in [-0.2, -0.15) is 9.40 Å². The number of carbonyl (C=O) groups is 1. The molecule has 1 aromatic carbocycles. The van der Waals surface area contributed by atoms with Crippen LogP contribution in [0.4, 0.5) is 5.82 Å². The van der Waals surface area contributed by atoms with Crippen LogP contribution in [0.1, 0.15) is 56.7 Å². The Morgan fingerprint density at radius 1 is 1.20 bits per heavy atom. The van der Waals surface area contributed by atoms with Crippen LogP contribution in [0.2, 0.25) is 0 Å². The van der Waals surface area contributed by atoms with Crippen LogP contribution < -0.4 is 5.32 Å². The first kappa shape index (κ1) is 21.1. The Bertz CT molecular complexity index is 1020. The fourth-order valence-electron chi connectivity index (χ4n) is 4.38. The van der Waals surface area contributed by atoms with E-state index in [1.807, 2.05) is 16.8 Å². The van der Waals surface area contributed by atoms with E-state index in [9.17, 15) is 13.2 Å². The van der Waals surface area contributed by atoms with Crippen LogP contribution in [-0.2, 0) is 27.7 Å². The zero-order valence-electron chi connectivity index (χ0n) is 17.7. The molecule has 1 atom stereocenters. The highest BCUT2D eigenvalue weighted by molar-refractivity contribution is 7.89. The molecule has 4 rings (SSSR count). The number of carbonyl (C=O) groups excluding carboxylic acids is 1. The minimum atomic E-state index is -3.52. The number of rotatable bonds is 6. The summed E-state index contributed by atoms with van der Waals surface area (Å²) in [5.74, 6) is 0.439. The number of nitrogens with zero attached hydrogens (tertiary/aromatic N) is 3. The molecule has 1 aliphatic heterocycles. The van der Waals surface area contributed by atoms with Crippen molar-refractivity contribution in [1.82, 2.24) is 14.1 Å². The molecule has 0 bridgehead atoms. The number of anilines is 1. The average molecular weight is 431 g/mol. The SMILES string of the molecule is CCC(C)n1nccc1NC(=O)C1CCN(S(=O)(=O)c2ccc3c(c2)CCC3)CC1. The summed E-state index contributed by atoms with van der Waals surface area (Å²) in [6.07, 6.45) is 6.73. The van der Waals surface area contributed by atoms with Crippen LogP contribution in [0, 0.1) is 5.92 Å². The normalized spacial score (nSPS) is 18.9. The third kappa shape index (κ3) is 4.03. The highest BCUT2D eigenvalue weighted by atomic mass is 32.2. The summed E-state index contributed by atoms with van der Waals surface area (Å²) in [4.78, 5) is 13.1. The Kier molecular flexibility index (Phi) is 5.97. The van der Waals surface area contributed by atoms with Crippen molar-refractivity contribution in [2.75, 3.05) is 18.4 Å². The van der Waals surface area contributed by atoms with Gasteiger partial charge in [-0.05, 0) is 68.7 Å². The number of nitrogens with one attached hydrogen (secondary N) is 1. The van der Waals surface area contributed by atoms with Crippen molar-refractivity contribution in [3.8, 4) is 0 Å². The first-order chi connectivity index (χ1) is 14.4. The average Bonchev–Trinajstić information content (AvgIpc) is 3.42. The molecule has 30 heavy (non-hydrogen) atoms. The zero-order valence-corrected chi connectivity index (χ0v) is 18.5. The molecule has 1 aromatic heterocycles. The first-order valence-corrected chi connectivity index (χ1v) is 12.3. The van der Waals surface area contributed by atoms with E-state index in [1.54, 1.807) is 18.3 Å². The number of piperidine rings is 1. The monoisotopic (exact) mass is 430 g/mol. The maximum Gasteiger partial charge on any atom is 0.243 e. The Labute approximate surface area is 178 Å². The van der Waals surface area contributed by atoms with Crippen molar-refractivity contribution in [2.24, 2.45) is 5.92 Å². The van der Waals surface area contributed by atoms with Crippen LogP contribution in [0.25, 0.3) is 0 Å². The maximum atomic E-state index is 13.1. The summed E-state index contributed by atoms with van der Waals surface area (Å²) in [6, 6.07) is 7.53. The second-order valence-electron chi connectivity index (χ2n) is 8.37. The Morgan fingerprint density at radius 3 is 2.67 bits per heavy atom. The Balaban J connectivity index is 1.39. The second-order valence-corrected chi connectivity index (χ2v) is 10.3. The van der Waals surface area contributed by atoms with Gasteiger partial charge in [-0.15, -0.1) is 0 Å². The van der Waals surface area contributed by atoms with E-state index in [2.05, 4.69) is 24.3 Å². The van der Waals surface area contributed by atoms with Crippen molar-refractivity contribution in [1.29, 1.82) is 0 Å².